The van der Waals surface area contributed by atoms with Crippen LogP contribution in [0.1, 0.15) is 21.5 Å². The van der Waals surface area contributed by atoms with E-state index in [4.69, 9.17) is 11.6 Å². The van der Waals surface area contributed by atoms with Gasteiger partial charge in [0.2, 0.25) is 0 Å². The molecule has 1 amide bonds. The number of rotatable bonds is 2. The van der Waals surface area contributed by atoms with Crippen molar-refractivity contribution >= 4 is 23.2 Å². The van der Waals surface area contributed by atoms with Gasteiger partial charge >= 0.3 is 0 Å². The average Bonchev–Trinajstić information content (AvgIpc) is 2.32. The second-order valence-electron chi connectivity index (χ2n) is 4.40. The molecule has 19 heavy (non-hydrogen) atoms. The summed E-state index contributed by atoms with van der Waals surface area (Å²) in [6, 6.07) is 9.63. The van der Waals surface area contributed by atoms with Gasteiger partial charge in [-0.25, -0.2) is 4.39 Å². The summed E-state index contributed by atoms with van der Waals surface area (Å²) in [6.07, 6.45) is 0. The van der Waals surface area contributed by atoms with Crippen molar-refractivity contribution in [2.75, 3.05) is 5.32 Å². The van der Waals surface area contributed by atoms with Gasteiger partial charge in [-0.15, -0.1) is 0 Å². The Hall–Kier alpha value is -1.87. The highest BCUT2D eigenvalue weighted by Gasteiger charge is 2.13. The summed E-state index contributed by atoms with van der Waals surface area (Å²) in [5, 5.41) is 2.96. The highest BCUT2D eigenvalue weighted by atomic mass is 35.5. The first-order valence-electron chi connectivity index (χ1n) is 5.81. The molecular formula is C15H13ClFNO. The fourth-order valence-corrected chi connectivity index (χ4v) is 1.98. The van der Waals surface area contributed by atoms with E-state index >= 15 is 0 Å². The lowest BCUT2D eigenvalue weighted by Crippen LogP contribution is -2.14. The second-order valence-corrected chi connectivity index (χ2v) is 4.83. The zero-order valence-electron chi connectivity index (χ0n) is 10.6. The Labute approximate surface area is 116 Å². The van der Waals surface area contributed by atoms with E-state index in [1.54, 1.807) is 6.07 Å². The van der Waals surface area contributed by atoms with E-state index in [2.05, 4.69) is 5.32 Å². The van der Waals surface area contributed by atoms with Crippen molar-refractivity contribution < 1.29 is 9.18 Å². The third kappa shape index (κ3) is 3.12. The molecule has 0 radical (unpaired) electrons. The molecule has 0 aliphatic heterocycles. The van der Waals surface area contributed by atoms with Gasteiger partial charge < -0.3 is 5.32 Å². The van der Waals surface area contributed by atoms with Crippen LogP contribution in [0, 0.1) is 19.7 Å². The van der Waals surface area contributed by atoms with Crippen molar-refractivity contribution in [1.82, 2.24) is 0 Å². The molecule has 1 N–H and O–H groups in total. The van der Waals surface area contributed by atoms with Gasteiger partial charge in [-0.3, -0.25) is 4.79 Å². The molecule has 0 saturated carbocycles. The molecule has 2 rings (SSSR count). The number of carbonyl (C=O) groups is 1. The number of nitrogens with one attached hydrogen (secondary N) is 1. The lowest BCUT2D eigenvalue weighted by Gasteiger charge is -2.09. The standard InChI is InChI=1S/C15H13ClFNO/c1-9-3-6-14(10(2)7-9)18-15(19)12-5-4-11(16)8-13(12)17/h3-8H,1-2H3,(H,18,19). The predicted octanol–water partition coefficient (Wildman–Crippen LogP) is 4.35. The smallest absolute Gasteiger partial charge is 0.258 e. The van der Waals surface area contributed by atoms with Gasteiger partial charge in [-0.2, -0.15) is 0 Å². The lowest BCUT2D eigenvalue weighted by molar-refractivity contribution is 0.102. The zero-order chi connectivity index (χ0) is 14.0. The van der Waals surface area contributed by atoms with E-state index in [0.717, 1.165) is 17.2 Å². The summed E-state index contributed by atoms with van der Waals surface area (Å²) in [4.78, 5) is 12.0. The van der Waals surface area contributed by atoms with Crippen LogP contribution in [-0.4, -0.2) is 5.91 Å². The molecule has 0 spiro atoms. The minimum Gasteiger partial charge on any atom is -0.322 e. The molecule has 0 bridgehead atoms. The van der Waals surface area contributed by atoms with Gasteiger partial charge in [0, 0.05) is 10.7 Å². The number of aryl methyl sites for hydroxylation is 2. The number of carbonyl (C=O) groups excluding carboxylic acids is 1. The van der Waals surface area contributed by atoms with Gasteiger partial charge in [-0.05, 0) is 43.7 Å². The van der Waals surface area contributed by atoms with Crippen molar-refractivity contribution in [2.45, 2.75) is 13.8 Å². The van der Waals surface area contributed by atoms with Crippen molar-refractivity contribution in [1.29, 1.82) is 0 Å². The van der Waals surface area contributed by atoms with E-state index in [9.17, 15) is 9.18 Å². The first-order chi connectivity index (χ1) is 8.97. The SMILES string of the molecule is Cc1ccc(NC(=O)c2ccc(Cl)cc2F)c(C)c1. The summed E-state index contributed by atoms with van der Waals surface area (Å²) in [6.45, 7) is 3.86. The largest absolute Gasteiger partial charge is 0.322 e. The minimum atomic E-state index is -0.630. The van der Waals surface area contributed by atoms with E-state index < -0.39 is 11.7 Å². The average molecular weight is 278 g/mol. The molecule has 0 aliphatic rings. The Morgan fingerprint density at radius 1 is 1.16 bits per heavy atom. The normalized spacial score (nSPS) is 10.3. The van der Waals surface area contributed by atoms with Crippen molar-refractivity contribution in [3.63, 3.8) is 0 Å². The number of hydrogen-bond donors (Lipinski definition) is 1. The monoisotopic (exact) mass is 277 g/mol. The molecule has 0 unspecified atom stereocenters. The van der Waals surface area contributed by atoms with Gasteiger partial charge in [0.05, 0.1) is 5.56 Å². The first-order valence-corrected chi connectivity index (χ1v) is 6.19. The van der Waals surface area contributed by atoms with Crippen LogP contribution in [0.2, 0.25) is 5.02 Å². The maximum absolute atomic E-state index is 13.6. The van der Waals surface area contributed by atoms with Crippen molar-refractivity contribution in [2.24, 2.45) is 0 Å². The summed E-state index contributed by atoms with van der Waals surface area (Å²) < 4.78 is 13.6. The quantitative estimate of drug-likeness (QED) is 0.869. The van der Waals surface area contributed by atoms with Crippen molar-refractivity contribution in [3.05, 3.63) is 63.9 Å². The Kier molecular flexibility index (Phi) is 3.86. The second kappa shape index (κ2) is 5.41. The van der Waals surface area contributed by atoms with Crippen LogP contribution in [0.3, 0.4) is 0 Å². The summed E-state index contributed by atoms with van der Waals surface area (Å²) in [7, 11) is 0. The molecular weight excluding hydrogens is 265 g/mol. The van der Waals surface area contributed by atoms with Crippen LogP contribution in [0.25, 0.3) is 0 Å². The zero-order valence-corrected chi connectivity index (χ0v) is 11.4. The van der Waals surface area contributed by atoms with Crippen LogP contribution >= 0.6 is 11.6 Å². The Bertz CT molecular complexity index is 640. The molecule has 4 heteroatoms. The van der Waals surface area contributed by atoms with E-state index in [-0.39, 0.29) is 10.6 Å². The van der Waals surface area contributed by atoms with Gasteiger partial charge in [0.1, 0.15) is 5.82 Å². The third-order valence-electron chi connectivity index (χ3n) is 2.81. The van der Waals surface area contributed by atoms with Crippen LogP contribution in [0.4, 0.5) is 10.1 Å². The van der Waals surface area contributed by atoms with Gasteiger partial charge in [0.15, 0.2) is 0 Å². The molecule has 0 heterocycles. The molecule has 98 valence electrons. The molecule has 0 atom stereocenters. The topological polar surface area (TPSA) is 29.1 Å². The molecule has 2 aromatic rings. The highest BCUT2D eigenvalue weighted by molar-refractivity contribution is 6.30. The van der Waals surface area contributed by atoms with Crippen LogP contribution in [0.5, 0.6) is 0 Å². The first kappa shape index (κ1) is 13.6. The molecule has 0 fully saturated rings. The maximum atomic E-state index is 13.6. The number of anilines is 1. The van der Waals surface area contributed by atoms with Crippen molar-refractivity contribution in [3.8, 4) is 0 Å². The fourth-order valence-electron chi connectivity index (χ4n) is 1.82. The number of amides is 1. The number of hydrogen-bond acceptors (Lipinski definition) is 1. The highest BCUT2D eigenvalue weighted by Crippen LogP contribution is 2.19. The fraction of sp³-hybridized carbons (Fsp3) is 0.133. The van der Waals surface area contributed by atoms with Crippen LogP contribution in [-0.2, 0) is 0 Å². The van der Waals surface area contributed by atoms with Crippen LogP contribution in [0.15, 0.2) is 36.4 Å². The van der Waals surface area contributed by atoms with Gasteiger partial charge in [0.25, 0.3) is 5.91 Å². The van der Waals surface area contributed by atoms with Gasteiger partial charge in [-0.1, -0.05) is 29.3 Å². The molecule has 2 aromatic carbocycles. The molecule has 2 nitrogen and oxygen atoms in total. The minimum absolute atomic E-state index is 0.0237. The third-order valence-corrected chi connectivity index (χ3v) is 3.04. The Balaban J connectivity index is 2.25. The predicted molar refractivity (Wildman–Crippen MR) is 75.3 cm³/mol. The van der Waals surface area contributed by atoms with E-state index in [1.807, 2.05) is 26.0 Å². The summed E-state index contributed by atoms with van der Waals surface area (Å²) in [5.74, 6) is -1.11. The molecule has 0 saturated heterocycles. The maximum Gasteiger partial charge on any atom is 0.258 e. The number of halogens is 2. The summed E-state index contributed by atoms with van der Waals surface area (Å²) >= 11 is 5.65. The number of benzene rings is 2. The molecule has 0 aromatic heterocycles. The Morgan fingerprint density at radius 2 is 1.89 bits per heavy atom. The molecule has 0 aliphatic carbocycles. The van der Waals surface area contributed by atoms with Crippen LogP contribution < -0.4 is 5.32 Å². The van der Waals surface area contributed by atoms with E-state index in [1.165, 1.54) is 12.1 Å². The lowest BCUT2D eigenvalue weighted by atomic mass is 10.1. The Morgan fingerprint density at radius 3 is 2.53 bits per heavy atom. The van der Waals surface area contributed by atoms with E-state index in [0.29, 0.717) is 5.69 Å². The summed E-state index contributed by atoms with van der Waals surface area (Å²) in [5.41, 5.74) is 2.69.